The van der Waals surface area contributed by atoms with Crippen molar-refractivity contribution in [3.8, 4) is 11.3 Å². The van der Waals surface area contributed by atoms with E-state index < -0.39 is 0 Å². The summed E-state index contributed by atoms with van der Waals surface area (Å²) in [4.78, 5) is 21.7. The Balaban J connectivity index is 1.40. The summed E-state index contributed by atoms with van der Waals surface area (Å²) in [5, 5.41) is 2.92. The Labute approximate surface area is 155 Å². The highest BCUT2D eigenvalue weighted by atomic mass is 32.2. The van der Waals surface area contributed by atoms with Gasteiger partial charge in [-0.15, -0.1) is 11.8 Å². The lowest BCUT2D eigenvalue weighted by molar-refractivity contribution is -0.113. The van der Waals surface area contributed by atoms with Crippen molar-refractivity contribution in [1.82, 2.24) is 14.4 Å². The average Bonchev–Trinajstić information content (AvgIpc) is 3.12. The van der Waals surface area contributed by atoms with Crippen LogP contribution in [0.4, 0.5) is 5.69 Å². The minimum atomic E-state index is -0.0349. The van der Waals surface area contributed by atoms with Gasteiger partial charge in [-0.3, -0.25) is 9.78 Å². The molecule has 6 heteroatoms. The highest BCUT2D eigenvalue weighted by Gasteiger charge is 2.06. The summed E-state index contributed by atoms with van der Waals surface area (Å²) >= 11 is 1.49. The van der Waals surface area contributed by atoms with Gasteiger partial charge in [-0.2, -0.15) is 0 Å². The molecule has 0 spiro atoms. The Morgan fingerprint density at radius 3 is 2.62 bits per heavy atom. The number of nitrogens with one attached hydrogen (secondary N) is 1. The third-order valence-corrected chi connectivity index (χ3v) is 4.86. The van der Waals surface area contributed by atoms with Crippen molar-refractivity contribution in [2.75, 3.05) is 11.1 Å². The Kier molecular flexibility index (Phi) is 4.66. The second-order valence-corrected chi connectivity index (χ2v) is 6.74. The first-order valence-electron chi connectivity index (χ1n) is 8.15. The molecule has 0 saturated heterocycles. The van der Waals surface area contributed by atoms with E-state index in [4.69, 9.17) is 0 Å². The van der Waals surface area contributed by atoms with Crippen molar-refractivity contribution in [3.05, 3.63) is 79.4 Å². The molecule has 1 amide bonds. The van der Waals surface area contributed by atoms with Crippen LogP contribution in [0, 0.1) is 0 Å². The zero-order valence-electron chi connectivity index (χ0n) is 13.9. The summed E-state index contributed by atoms with van der Waals surface area (Å²) < 4.78 is 1.99. The molecule has 3 heterocycles. The third-order valence-electron chi connectivity index (χ3n) is 3.85. The lowest BCUT2D eigenvalue weighted by atomic mass is 10.1. The molecule has 0 saturated carbocycles. The number of nitrogens with zero attached hydrogens (tertiary/aromatic N) is 3. The number of carbonyl (C=O) groups excluding carboxylic acids is 1. The predicted molar refractivity (Wildman–Crippen MR) is 104 cm³/mol. The lowest BCUT2D eigenvalue weighted by Gasteiger charge is -2.06. The predicted octanol–water partition coefficient (Wildman–Crippen LogP) is 4.13. The van der Waals surface area contributed by atoms with Gasteiger partial charge in [0.1, 0.15) is 5.65 Å². The number of carbonyl (C=O) groups is 1. The first-order chi connectivity index (χ1) is 12.8. The van der Waals surface area contributed by atoms with Crippen LogP contribution in [-0.2, 0) is 4.79 Å². The van der Waals surface area contributed by atoms with Crippen LogP contribution < -0.4 is 5.32 Å². The number of imidazole rings is 1. The van der Waals surface area contributed by atoms with Crippen LogP contribution in [0.3, 0.4) is 0 Å². The van der Waals surface area contributed by atoms with E-state index in [1.165, 1.54) is 11.8 Å². The van der Waals surface area contributed by atoms with E-state index in [-0.39, 0.29) is 5.91 Å². The number of anilines is 1. The first kappa shape index (κ1) is 16.4. The van der Waals surface area contributed by atoms with Gasteiger partial charge in [0.25, 0.3) is 0 Å². The van der Waals surface area contributed by atoms with Gasteiger partial charge >= 0.3 is 0 Å². The van der Waals surface area contributed by atoms with Crippen LogP contribution >= 0.6 is 11.8 Å². The fraction of sp³-hybridized carbons (Fsp3) is 0.0500. The maximum Gasteiger partial charge on any atom is 0.234 e. The van der Waals surface area contributed by atoms with Crippen LogP contribution in [0.1, 0.15) is 0 Å². The molecule has 0 unspecified atom stereocenters. The first-order valence-corrected chi connectivity index (χ1v) is 9.13. The molecule has 128 valence electrons. The molecule has 0 radical (unpaired) electrons. The number of hydrogen-bond acceptors (Lipinski definition) is 4. The number of hydrogen-bond donors (Lipinski definition) is 1. The third kappa shape index (κ3) is 3.75. The maximum atomic E-state index is 12.1. The molecule has 0 bridgehead atoms. The summed E-state index contributed by atoms with van der Waals surface area (Å²) in [6, 6.07) is 17.4. The number of rotatable bonds is 5. The van der Waals surface area contributed by atoms with E-state index in [1.807, 2.05) is 71.4 Å². The highest BCUT2D eigenvalue weighted by molar-refractivity contribution is 8.00. The molecule has 26 heavy (non-hydrogen) atoms. The fourth-order valence-electron chi connectivity index (χ4n) is 2.58. The molecule has 1 N–H and O–H groups in total. The van der Waals surface area contributed by atoms with Crippen molar-refractivity contribution in [2.45, 2.75) is 4.90 Å². The average molecular weight is 360 g/mol. The monoisotopic (exact) mass is 360 g/mol. The molecular weight excluding hydrogens is 344 g/mol. The smallest absolute Gasteiger partial charge is 0.234 e. The molecule has 5 nitrogen and oxygen atoms in total. The van der Waals surface area contributed by atoms with E-state index in [0.717, 1.165) is 27.5 Å². The van der Waals surface area contributed by atoms with Crippen molar-refractivity contribution in [3.63, 3.8) is 0 Å². The molecule has 0 fully saturated rings. The lowest BCUT2D eigenvalue weighted by Crippen LogP contribution is -2.13. The zero-order valence-corrected chi connectivity index (χ0v) is 14.7. The minimum absolute atomic E-state index is 0.0349. The van der Waals surface area contributed by atoms with E-state index in [2.05, 4.69) is 15.3 Å². The molecule has 4 rings (SSSR count). The van der Waals surface area contributed by atoms with Crippen LogP contribution in [0.25, 0.3) is 16.9 Å². The summed E-state index contributed by atoms with van der Waals surface area (Å²) in [5.74, 6) is 0.324. The molecule has 1 aromatic carbocycles. The van der Waals surface area contributed by atoms with Gasteiger partial charge in [0.2, 0.25) is 5.91 Å². The van der Waals surface area contributed by atoms with Gasteiger partial charge in [0.15, 0.2) is 0 Å². The second kappa shape index (κ2) is 7.41. The Morgan fingerprint density at radius 2 is 1.85 bits per heavy atom. The standard InChI is InChI=1S/C20H16N4OS/c25-20(14-26-17-8-10-21-11-9-17)22-16-6-4-15(5-7-16)18-13-24-12-2-1-3-19(24)23-18/h1-13H,14H2,(H,22,25). The van der Waals surface area contributed by atoms with E-state index in [9.17, 15) is 4.79 Å². The van der Waals surface area contributed by atoms with Gasteiger partial charge < -0.3 is 9.72 Å². The number of benzene rings is 1. The molecular formula is C20H16N4OS. The minimum Gasteiger partial charge on any atom is -0.325 e. The topological polar surface area (TPSA) is 59.3 Å². The number of thioether (sulfide) groups is 1. The van der Waals surface area contributed by atoms with E-state index in [1.54, 1.807) is 12.4 Å². The Bertz CT molecular complexity index is 996. The Hall–Kier alpha value is -3.12. The van der Waals surface area contributed by atoms with Crippen LogP contribution in [0.2, 0.25) is 0 Å². The van der Waals surface area contributed by atoms with Gasteiger partial charge in [0.05, 0.1) is 11.4 Å². The molecule has 0 aliphatic rings. The maximum absolute atomic E-state index is 12.1. The van der Waals surface area contributed by atoms with Crippen LogP contribution in [0.15, 0.2) is 84.3 Å². The van der Waals surface area contributed by atoms with Crippen LogP contribution in [-0.4, -0.2) is 26.0 Å². The van der Waals surface area contributed by atoms with Crippen molar-refractivity contribution in [2.24, 2.45) is 0 Å². The largest absolute Gasteiger partial charge is 0.325 e. The summed E-state index contributed by atoms with van der Waals surface area (Å²) in [7, 11) is 0. The van der Waals surface area contributed by atoms with E-state index in [0.29, 0.717) is 5.75 Å². The van der Waals surface area contributed by atoms with Gasteiger partial charge in [-0.25, -0.2) is 4.98 Å². The molecule has 0 atom stereocenters. The zero-order chi connectivity index (χ0) is 17.8. The highest BCUT2D eigenvalue weighted by Crippen LogP contribution is 2.22. The number of amides is 1. The molecule has 3 aromatic heterocycles. The molecule has 4 aromatic rings. The number of aromatic nitrogens is 3. The molecule has 0 aliphatic heterocycles. The fourth-order valence-corrected chi connectivity index (χ4v) is 3.26. The van der Waals surface area contributed by atoms with Crippen molar-refractivity contribution in [1.29, 1.82) is 0 Å². The second-order valence-electron chi connectivity index (χ2n) is 5.69. The Morgan fingerprint density at radius 1 is 1.04 bits per heavy atom. The van der Waals surface area contributed by atoms with Gasteiger partial charge in [0, 0.05) is 40.9 Å². The SMILES string of the molecule is O=C(CSc1ccncc1)Nc1ccc(-c2cn3ccccc3n2)cc1. The summed E-state index contributed by atoms with van der Waals surface area (Å²) in [5.41, 5.74) is 3.60. The quantitative estimate of drug-likeness (QED) is 0.544. The summed E-state index contributed by atoms with van der Waals surface area (Å²) in [6.07, 6.45) is 7.41. The molecule has 0 aliphatic carbocycles. The van der Waals surface area contributed by atoms with Crippen molar-refractivity contribution >= 4 is 29.0 Å². The van der Waals surface area contributed by atoms with E-state index >= 15 is 0 Å². The normalized spacial score (nSPS) is 10.8. The van der Waals surface area contributed by atoms with Crippen LogP contribution in [0.5, 0.6) is 0 Å². The number of pyridine rings is 2. The van der Waals surface area contributed by atoms with Gasteiger partial charge in [-0.05, 0) is 36.4 Å². The summed E-state index contributed by atoms with van der Waals surface area (Å²) in [6.45, 7) is 0. The van der Waals surface area contributed by atoms with Gasteiger partial charge in [-0.1, -0.05) is 18.2 Å². The number of fused-ring (bicyclic) bond motifs is 1. The van der Waals surface area contributed by atoms with Crippen molar-refractivity contribution < 1.29 is 4.79 Å².